The van der Waals surface area contributed by atoms with Crippen LogP contribution in [0.2, 0.25) is 0 Å². The second-order valence-electron chi connectivity index (χ2n) is 6.02. The van der Waals surface area contributed by atoms with Crippen LogP contribution in [0.25, 0.3) is 0 Å². The molecule has 2 aromatic carbocycles. The summed E-state index contributed by atoms with van der Waals surface area (Å²) < 4.78 is 27.5. The molecule has 0 bridgehead atoms. The van der Waals surface area contributed by atoms with Crippen molar-refractivity contribution in [1.82, 2.24) is 9.21 Å². The molecule has 0 aromatic heterocycles. The summed E-state index contributed by atoms with van der Waals surface area (Å²) >= 11 is 3.40. The molecule has 0 radical (unpaired) electrons. The highest BCUT2D eigenvalue weighted by atomic mass is 79.9. The van der Waals surface area contributed by atoms with Gasteiger partial charge in [-0.25, -0.2) is 8.42 Å². The van der Waals surface area contributed by atoms with E-state index in [1.807, 2.05) is 29.2 Å². The number of sulfonamides is 1. The molecule has 1 aliphatic rings. The van der Waals surface area contributed by atoms with Gasteiger partial charge in [-0.05, 0) is 40.2 Å². The highest BCUT2D eigenvalue weighted by molar-refractivity contribution is 9.10. The van der Waals surface area contributed by atoms with Crippen LogP contribution in [0.5, 0.6) is 0 Å². The first kappa shape index (κ1) is 19.0. The van der Waals surface area contributed by atoms with Crippen LogP contribution in [0.1, 0.15) is 0 Å². The van der Waals surface area contributed by atoms with Gasteiger partial charge in [0.05, 0.1) is 17.1 Å². The zero-order valence-electron chi connectivity index (χ0n) is 14.1. The van der Waals surface area contributed by atoms with Crippen LogP contribution in [0.3, 0.4) is 0 Å². The summed E-state index contributed by atoms with van der Waals surface area (Å²) in [4.78, 5) is 14.5. The number of piperazine rings is 1. The van der Waals surface area contributed by atoms with Crippen LogP contribution in [0, 0.1) is 0 Å². The number of nitrogens with zero attached hydrogens (tertiary/aromatic N) is 2. The number of benzene rings is 2. The summed E-state index contributed by atoms with van der Waals surface area (Å²) in [7, 11) is -3.47. The lowest BCUT2D eigenvalue weighted by Gasteiger charge is -2.33. The normalized spacial score (nSPS) is 16.3. The van der Waals surface area contributed by atoms with Gasteiger partial charge in [0, 0.05) is 30.7 Å². The van der Waals surface area contributed by atoms with Crippen molar-refractivity contribution in [3.05, 3.63) is 59.1 Å². The molecule has 3 rings (SSSR count). The SMILES string of the molecule is O=C(CN1CCN(S(=O)(=O)c2ccccc2)CC1)Nc1ccccc1Br. The molecule has 0 saturated carbocycles. The number of para-hydroxylation sites is 1. The molecular weight excluding hydrogens is 418 g/mol. The summed E-state index contributed by atoms with van der Waals surface area (Å²) in [5.41, 5.74) is 0.725. The average Bonchev–Trinajstić information content (AvgIpc) is 2.65. The lowest BCUT2D eigenvalue weighted by Crippen LogP contribution is -2.50. The number of hydrogen-bond donors (Lipinski definition) is 1. The average molecular weight is 438 g/mol. The molecule has 138 valence electrons. The van der Waals surface area contributed by atoms with Gasteiger partial charge >= 0.3 is 0 Å². The second-order valence-corrected chi connectivity index (χ2v) is 8.81. The molecule has 6 nitrogen and oxygen atoms in total. The summed E-state index contributed by atoms with van der Waals surface area (Å²) in [5, 5.41) is 2.87. The molecule has 2 aromatic rings. The smallest absolute Gasteiger partial charge is 0.243 e. The minimum Gasteiger partial charge on any atom is -0.324 e. The Bertz CT molecular complexity index is 866. The van der Waals surface area contributed by atoms with E-state index in [1.54, 1.807) is 30.3 Å². The van der Waals surface area contributed by atoms with Gasteiger partial charge in [0.15, 0.2) is 0 Å². The fraction of sp³-hybridized carbons (Fsp3) is 0.278. The molecular formula is C18H20BrN3O3S. The molecule has 1 amide bonds. The van der Waals surface area contributed by atoms with Crippen LogP contribution >= 0.6 is 15.9 Å². The lowest BCUT2D eigenvalue weighted by molar-refractivity contribution is -0.117. The summed E-state index contributed by atoms with van der Waals surface area (Å²) in [6.45, 7) is 2.03. The van der Waals surface area contributed by atoms with Crippen molar-refractivity contribution >= 4 is 37.5 Å². The zero-order chi connectivity index (χ0) is 18.6. The van der Waals surface area contributed by atoms with E-state index in [0.29, 0.717) is 31.1 Å². The predicted octanol–water partition coefficient (Wildman–Crippen LogP) is 2.39. The van der Waals surface area contributed by atoms with Crippen LogP contribution in [-0.2, 0) is 14.8 Å². The minimum atomic E-state index is -3.47. The third-order valence-corrected chi connectivity index (χ3v) is 6.83. The van der Waals surface area contributed by atoms with E-state index in [9.17, 15) is 13.2 Å². The van der Waals surface area contributed by atoms with Crippen LogP contribution in [0.4, 0.5) is 5.69 Å². The maximum Gasteiger partial charge on any atom is 0.243 e. The fourth-order valence-corrected chi connectivity index (χ4v) is 4.65. The van der Waals surface area contributed by atoms with E-state index in [4.69, 9.17) is 0 Å². The first-order valence-electron chi connectivity index (χ1n) is 8.29. The maximum atomic E-state index is 12.6. The first-order chi connectivity index (χ1) is 12.5. The minimum absolute atomic E-state index is 0.115. The zero-order valence-corrected chi connectivity index (χ0v) is 16.5. The number of carbonyl (C=O) groups is 1. The Balaban J connectivity index is 1.54. The molecule has 0 spiro atoms. The topological polar surface area (TPSA) is 69.7 Å². The third-order valence-electron chi connectivity index (χ3n) is 4.23. The van der Waals surface area contributed by atoms with E-state index >= 15 is 0 Å². The molecule has 0 aliphatic carbocycles. The Morgan fingerprint density at radius 1 is 0.962 bits per heavy atom. The van der Waals surface area contributed by atoms with Crippen molar-refractivity contribution in [3.8, 4) is 0 Å². The van der Waals surface area contributed by atoms with Crippen LogP contribution in [0.15, 0.2) is 64.0 Å². The largest absolute Gasteiger partial charge is 0.324 e. The van der Waals surface area contributed by atoms with Crippen LogP contribution in [-0.4, -0.2) is 56.3 Å². The highest BCUT2D eigenvalue weighted by Crippen LogP contribution is 2.21. The van der Waals surface area contributed by atoms with Crippen molar-refractivity contribution in [2.24, 2.45) is 0 Å². The standard InChI is InChI=1S/C18H20BrN3O3S/c19-16-8-4-5-9-17(16)20-18(23)14-21-10-12-22(13-11-21)26(24,25)15-6-2-1-3-7-15/h1-9H,10-14H2,(H,20,23). The van der Waals surface area contributed by atoms with Gasteiger partial charge in [-0.15, -0.1) is 0 Å². The van der Waals surface area contributed by atoms with E-state index in [0.717, 1.165) is 10.2 Å². The Morgan fingerprint density at radius 3 is 2.23 bits per heavy atom. The van der Waals surface area contributed by atoms with Gasteiger partial charge in [0.25, 0.3) is 0 Å². The fourth-order valence-electron chi connectivity index (χ4n) is 2.82. The van der Waals surface area contributed by atoms with Crippen molar-refractivity contribution < 1.29 is 13.2 Å². The second kappa shape index (κ2) is 8.30. The van der Waals surface area contributed by atoms with Gasteiger partial charge in [-0.3, -0.25) is 9.69 Å². The van der Waals surface area contributed by atoms with Gasteiger partial charge < -0.3 is 5.32 Å². The van der Waals surface area contributed by atoms with Crippen LogP contribution < -0.4 is 5.32 Å². The maximum absolute atomic E-state index is 12.6. The monoisotopic (exact) mass is 437 g/mol. The quantitative estimate of drug-likeness (QED) is 0.779. The Kier molecular flexibility index (Phi) is 6.08. The number of hydrogen-bond acceptors (Lipinski definition) is 4. The Morgan fingerprint density at radius 2 is 1.58 bits per heavy atom. The number of anilines is 1. The van der Waals surface area contributed by atoms with E-state index in [1.165, 1.54) is 4.31 Å². The Labute approximate surface area is 162 Å². The molecule has 0 unspecified atom stereocenters. The first-order valence-corrected chi connectivity index (χ1v) is 10.5. The lowest BCUT2D eigenvalue weighted by atomic mass is 10.3. The molecule has 0 atom stereocenters. The van der Waals surface area contributed by atoms with Gasteiger partial charge in [0.2, 0.25) is 15.9 Å². The Hall–Kier alpha value is -1.74. The van der Waals surface area contributed by atoms with E-state index in [2.05, 4.69) is 21.2 Å². The molecule has 26 heavy (non-hydrogen) atoms. The van der Waals surface area contributed by atoms with Crippen molar-refractivity contribution in [3.63, 3.8) is 0 Å². The third kappa shape index (κ3) is 4.50. The van der Waals surface area contributed by atoms with Gasteiger partial charge in [-0.1, -0.05) is 30.3 Å². The van der Waals surface area contributed by atoms with E-state index < -0.39 is 10.0 Å². The number of carbonyl (C=O) groups excluding carboxylic acids is 1. The molecule has 1 heterocycles. The van der Waals surface area contributed by atoms with Crippen molar-refractivity contribution in [2.75, 3.05) is 38.0 Å². The predicted molar refractivity (Wildman–Crippen MR) is 104 cm³/mol. The highest BCUT2D eigenvalue weighted by Gasteiger charge is 2.28. The molecule has 1 N–H and O–H groups in total. The number of nitrogens with one attached hydrogen (secondary N) is 1. The number of rotatable bonds is 5. The summed E-state index contributed by atoms with van der Waals surface area (Å²) in [6.07, 6.45) is 0. The van der Waals surface area contributed by atoms with Crippen molar-refractivity contribution in [1.29, 1.82) is 0 Å². The molecule has 1 fully saturated rings. The summed E-state index contributed by atoms with van der Waals surface area (Å²) in [5.74, 6) is -0.115. The number of halogens is 1. The molecule has 8 heteroatoms. The van der Waals surface area contributed by atoms with Crippen molar-refractivity contribution in [2.45, 2.75) is 4.90 Å². The molecule has 1 saturated heterocycles. The van der Waals surface area contributed by atoms with Gasteiger partial charge in [0.1, 0.15) is 0 Å². The van der Waals surface area contributed by atoms with E-state index in [-0.39, 0.29) is 12.5 Å². The van der Waals surface area contributed by atoms with Gasteiger partial charge in [-0.2, -0.15) is 4.31 Å². The summed E-state index contributed by atoms with van der Waals surface area (Å²) in [6, 6.07) is 15.9. The number of amides is 1. The molecule has 1 aliphatic heterocycles.